The summed E-state index contributed by atoms with van der Waals surface area (Å²) in [7, 11) is 12.0. The van der Waals surface area contributed by atoms with E-state index < -0.39 is 0 Å². The van der Waals surface area contributed by atoms with Crippen LogP contribution in [0.5, 0.6) is 0 Å². The van der Waals surface area contributed by atoms with E-state index in [1.165, 1.54) is 21.7 Å². The van der Waals surface area contributed by atoms with E-state index in [0.29, 0.717) is 0 Å². The Hall–Kier alpha value is 1.38. The van der Waals surface area contributed by atoms with Gasteiger partial charge in [-0.25, -0.2) is 0 Å². The molecule has 0 N–H and O–H groups in total. The highest BCUT2D eigenvalue weighted by Gasteiger charge is 1.77. The predicted octanol–water partition coefficient (Wildman–Crippen LogP) is 2.99. The molecule has 0 bridgehead atoms. The third-order valence-corrected chi connectivity index (χ3v) is 2.04. The van der Waals surface area contributed by atoms with Gasteiger partial charge < -0.3 is 9.80 Å². The number of alkyl halides is 2. The lowest BCUT2D eigenvalue weighted by Gasteiger charge is -1.90. The molecule has 0 saturated carbocycles. The number of unbranched alkanes of at least 4 members (excludes halogenated alkanes) is 1. The lowest BCUT2D eigenvalue weighted by molar-refractivity contribution is 0.505. The Morgan fingerprint density at radius 1 is 0.643 bits per heavy atom. The van der Waals surface area contributed by atoms with E-state index in [0.717, 1.165) is 0 Å². The summed E-state index contributed by atoms with van der Waals surface area (Å²) in [5.74, 6) is 0. The van der Waals surface area contributed by atoms with Gasteiger partial charge in [-0.1, -0.05) is 45.2 Å². The minimum atomic E-state index is 1.32. The summed E-state index contributed by atoms with van der Waals surface area (Å²) in [5.41, 5.74) is 0. The summed E-state index contributed by atoms with van der Waals surface area (Å²) in [6.07, 6.45) is 2.78. The van der Waals surface area contributed by atoms with Crippen molar-refractivity contribution >= 4 is 45.2 Å². The SMILES string of the molecule is CN(C)C.CN(C)C.ICCCCI. The van der Waals surface area contributed by atoms with Gasteiger partial charge in [-0.05, 0) is 64.0 Å². The Morgan fingerprint density at radius 3 is 0.857 bits per heavy atom. The van der Waals surface area contributed by atoms with Gasteiger partial charge in [-0.2, -0.15) is 0 Å². The number of nitrogens with zero attached hydrogens (tertiary/aromatic N) is 2. The average Bonchev–Trinajstić information content (AvgIpc) is 1.98. The highest BCUT2D eigenvalue weighted by atomic mass is 127. The van der Waals surface area contributed by atoms with Crippen LogP contribution >= 0.6 is 45.2 Å². The van der Waals surface area contributed by atoms with E-state index in [2.05, 4.69) is 45.2 Å². The molecule has 0 spiro atoms. The summed E-state index contributed by atoms with van der Waals surface area (Å²) in [5, 5.41) is 0. The zero-order chi connectivity index (χ0) is 12.0. The maximum Gasteiger partial charge on any atom is -0.000446 e. The fraction of sp³-hybridized carbons (Fsp3) is 1.00. The quantitative estimate of drug-likeness (QED) is 0.388. The van der Waals surface area contributed by atoms with Crippen molar-refractivity contribution in [3.8, 4) is 0 Å². The molecule has 0 saturated heterocycles. The van der Waals surface area contributed by atoms with Crippen LogP contribution < -0.4 is 0 Å². The van der Waals surface area contributed by atoms with Gasteiger partial charge in [0.05, 0.1) is 0 Å². The second-order valence-electron chi connectivity index (χ2n) is 3.77. The van der Waals surface area contributed by atoms with Gasteiger partial charge >= 0.3 is 0 Å². The van der Waals surface area contributed by atoms with E-state index in [1.807, 2.05) is 52.1 Å². The van der Waals surface area contributed by atoms with Crippen LogP contribution in [0.15, 0.2) is 0 Å². The predicted molar refractivity (Wildman–Crippen MR) is 86.2 cm³/mol. The van der Waals surface area contributed by atoms with Crippen molar-refractivity contribution in [2.24, 2.45) is 0 Å². The van der Waals surface area contributed by atoms with E-state index >= 15 is 0 Å². The van der Waals surface area contributed by atoms with Crippen molar-refractivity contribution in [2.45, 2.75) is 12.8 Å². The molecule has 0 aromatic heterocycles. The molecule has 0 aliphatic heterocycles. The molecule has 0 aromatic rings. The summed E-state index contributed by atoms with van der Waals surface area (Å²) in [6.45, 7) is 0. The zero-order valence-electron chi connectivity index (χ0n) is 10.5. The molecule has 14 heavy (non-hydrogen) atoms. The Morgan fingerprint density at radius 2 is 0.786 bits per heavy atom. The number of rotatable bonds is 3. The first-order valence-electron chi connectivity index (χ1n) is 4.72. The van der Waals surface area contributed by atoms with Crippen LogP contribution in [-0.4, -0.2) is 60.9 Å². The van der Waals surface area contributed by atoms with E-state index in [-0.39, 0.29) is 0 Å². The Bertz CT molecular complexity index is 63.0. The molecular formula is C10H26I2N2. The smallest absolute Gasteiger partial charge is 0.000446 e. The number of halogens is 2. The minimum Gasteiger partial charge on any atom is -0.312 e. The second kappa shape index (κ2) is 19.9. The molecule has 0 aliphatic carbocycles. The molecule has 0 amide bonds. The van der Waals surface area contributed by atoms with Gasteiger partial charge in [-0.3, -0.25) is 0 Å². The third-order valence-electron chi connectivity index (χ3n) is 0.517. The van der Waals surface area contributed by atoms with Crippen molar-refractivity contribution in [1.29, 1.82) is 0 Å². The van der Waals surface area contributed by atoms with Gasteiger partial charge in [0.25, 0.3) is 0 Å². The standard InChI is InChI=1S/C4H8I2.2C3H9N/c5-3-1-2-4-6;2*1-4(2)3/h1-4H2;2*1-3H3. The van der Waals surface area contributed by atoms with Crippen LogP contribution in [0.1, 0.15) is 12.8 Å². The largest absolute Gasteiger partial charge is 0.312 e. The van der Waals surface area contributed by atoms with Gasteiger partial charge in [0.2, 0.25) is 0 Å². The molecule has 0 heterocycles. The maximum atomic E-state index is 2.41. The van der Waals surface area contributed by atoms with Crippen molar-refractivity contribution < 1.29 is 0 Å². The lowest BCUT2D eigenvalue weighted by Crippen LogP contribution is -1.99. The summed E-state index contributed by atoms with van der Waals surface area (Å²) >= 11 is 4.81. The molecule has 0 unspecified atom stereocenters. The van der Waals surface area contributed by atoms with Crippen molar-refractivity contribution in [3.05, 3.63) is 0 Å². The fourth-order valence-electron chi connectivity index (χ4n) is 0.189. The van der Waals surface area contributed by atoms with Crippen LogP contribution in [0.3, 0.4) is 0 Å². The first-order chi connectivity index (χ1) is 6.38. The van der Waals surface area contributed by atoms with Gasteiger partial charge in [0, 0.05) is 0 Å². The van der Waals surface area contributed by atoms with Crippen LogP contribution in [0.25, 0.3) is 0 Å². The lowest BCUT2D eigenvalue weighted by atomic mass is 10.4. The molecule has 0 fully saturated rings. The van der Waals surface area contributed by atoms with E-state index in [4.69, 9.17) is 0 Å². The molecule has 0 radical (unpaired) electrons. The molecule has 0 atom stereocenters. The van der Waals surface area contributed by atoms with Crippen LogP contribution in [-0.2, 0) is 0 Å². The van der Waals surface area contributed by atoms with E-state index in [9.17, 15) is 0 Å². The average molecular weight is 428 g/mol. The molecular weight excluding hydrogens is 402 g/mol. The molecule has 0 aromatic carbocycles. The fourth-order valence-corrected chi connectivity index (χ4v) is 1.27. The van der Waals surface area contributed by atoms with E-state index in [1.54, 1.807) is 0 Å². The topological polar surface area (TPSA) is 6.48 Å². The van der Waals surface area contributed by atoms with Gasteiger partial charge in [-0.15, -0.1) is 0 Å². The zero-order valence-corrected chi connectivity index (χ0v) is 14.8. The van der Waals surface area contributed by atoms with Crippen LogP contribution in [0.2, 0.25) is 0 Å². The van der Waals surface area contributed by atoms with Crippen molar-refractivity contribution in [1.82, 2.24) is 9.80 Å². The second-order valence-corrected chi connectivity index (χ2v) is 5.93. The Labute approximate surface area is 118 Å². The first kappa shape index (κ1) is 20.8. The van der Waals surface area contributed by atoms with Crippen molar-refractivity contribution in [2.75, 3.05) is 51.1 Å². The minimum absolute atomic E-state index is 1.32. The Kier molecular flexibility index (Phi) is 29.5. The Balaban J connectivity index is -0.000000135. The number of hydrogen-bond acceptors (Lipinski definition) is 2. The summed E-state index contributed by atoms with van der Waals surface area (Å²) < 4.78 is 2.64. The molecule has 90 valence electrons. The molecule has 2 nitrogen and oxygen atoms in total. The molecule has 4 heteroatoms. The highest BCUT2D eigenvalue weighted by Crippen LogP contribution is 1.96. The van der Waals surface area contributed by atoms with Crippen LogP contribution in [0, 0.1) is 0 Å². The summed E-state index contributed by atoms with van der Waals surface area (Å²) in [6, 6.07) is 0. The summed E-state index contributed by atoms with van der Waals surface area (Å²) in [4.78, 5) is 4.00. The normalized spacial score (nSPS) is 9.00. The maximum absolute atomic E-state index is 2.41. The highest BCUT2D eigenvalue weighted by molar-refractivity contribution is 14.1. The molecule has 0 rings (SSSR count). The first-order valence-corrected chi connectivity index (χ1v) is 7.77. The van der Waals surface area contributed by atoms with Gasteiger partial charge in [0.15, 0.2) is 0 Å². The monoisotopic (exact) mass is 428 g/mol. The van der Waals surface area contributed by atoms with Crippen LogP contribution in [0.4, 0.5) is 0 Å². The van der Waals surface area contributed by atoms with Crippen molar-refractivity contribution in [3.63, 3.8) is 0 Å². The number of hydrogen-bond donors (Lipinski definition) is 0. The third kappa shape index (κ3) is 107. The molecule has 0 aliphatic rings. The van der Waals surface area contributed by atoms with Gasteiger partial charge in [0.1, 0.15) is 0 Å².